The average molecular weight is 306 g/mol. The molecule has 3 rings (SSSR count). The molecule has 20 heavy (non-hydrogen) atoms. The van der Waals surface area contributed by atoms with Gasteiger partial charge in [0.25, 0.3) is 10.0 Å². The molecule has 2 aromatic carbocycles. The van der Waals surface area contributed by atoms with Crippen molar-refractivity contribution >= 4 is 32.5 Å². The Morgan fingerprint density at radius 2 is 1.55 bits per heavy atom. The van der Waals surface area contributed by atoms with Gasteiger partial charge in [0.15, 0.2) is 0 Å². The molecule has 0 radical (unpaired) electrons. The second kappa shape index (κ2) is 4.65. The smallest absolute Gasteiger partial charge is 0.223 e. The number of para-hydroxylation sites is 1. The third-order valence-electron chi connectivity index (χ3n) is 3.30. The van der Waals surface area contributed by atoms with Crippen molar-refractivity contribution in [1.82, 2.24) is 3.97 Å². The fourth-order valence-corrected chi connectivity index (χ4v) is 4.21. The number of benzene rings is 2. The van der Waals surface area contributed by atoms with Gasteiger partial charge in [0.2, 0.25) is 0 Å². The largest absolute Gasteiger partial charge is 0.269 e. The lowest BCUT2D eigenvalue weighted by Gasteiger charge is -2.08. The van der Waals surface area contributed by atoms with E-state index in [-0.39, 0.29) is 10.0 Å². The summed E-state index contributed by atoms with van der Waals surface area (Å²) in [5.41, 5.74) is 1.36. The predicted octanol–water partition coefficient (Wildman–Crippen LogP) is 3.84. The lowest BCUT2D eigenvalue weighted by Crippen LogP contribution is -2.12. The van der Waals surface area contributed by atoms with Crippen molar-refractivity contribution in [1.29, 1.82) is 0 Å². The summed E-state index contributed by atoms with van der Waals surface area (Å²) >= 11 is 6.25. The molecule has 0 saturated heterocycles. The van der Waals surface area contributed by atoms with Crippen LogP contribution in [0.3, 0.4) is 0 Å². The summed E-state index contributed by atoms with van der Waals surface area (Å²) in [6.07, 6.45) is 0. The molecule has 3 aromatic rings. The topological polar surface area (TPSA) is 39.1 Å². The van der Waals surface area contributed by atoms with Gasteiger partial charge in [0.1, 0.15) is 5.15 Å². The molecule has 5 heteroatoms. The number of fused-ring (bicyclic) bond motifs is 1. The molecule has 0 aliphatic carbocycles. The molecule has 0 fully saturated rings. The van der Waals surface area contributed by atoms with Crippen LogP contribution in [-0.4, -0.2) is 12.4 Å². The quantitative estimate of drug-likeness (QED) is 0.721. The minimum Gasteiger partial charge on any atom is -0.223 e. The van der Waals surface area contributed by atoms with Crippen LogP contribution in [0.2, 0.25) is 5.15 Å². The molecular formula is C15H12ClNO2S. The maximum atomic E-state index is 12.8. The number of hydrogen-bond acceptors (Lipinski definition) is 2. The highest BCUT2D eigenvalue weighted by atomic mass is 35.5. The Morgan fingerprint density at radius 1 is 0.950 bits per heavy atom. The van der Waals surface area contributed by atoms with Crippen LogP contribution in [0.15, 0.2) is 59.5 Å². The predicted molar refractivity (Wildman–Crippen MR) is 80.7 cm³/mol. The van der Waals surface area contributed by atoms with Gasteiger partial charge >= 0.3 is 0 Å². The summed E-state index contributed by atoms with van der Waals surface area (Å²) in [6.45, 7) is 1.82. The van der Waals surface area contributed by atoms with E-state index in [2.05, 4.69) is 0 Å². The van der Waals surface area contributed by atoms with Gasteiger partial charge in [-0.25, -0.2) is 12.4 Å². The van der Waals surface area contributed by atoms with Crippen molar-refractivity contribution in [2.45, 2.75) is 11.8 Å². The van der Waals surface area contributed by atoms with E-state index in [1.165, 1.54) is 3.97 Å². The summed E-state index contributed by atoms with van der Waals surface area (Å²) in [5.74, 6) is 0. The van der Waals surface area contributed by atoms with Crippen molar-refractivity contribution in [3.63, 3.8) is 0 Å². The number of halogens is 1. The second-order valence-corrected chi connectivity index (χ2v) is 6.66. The van der Waals surface area contributed by atoms with Gasteiger partial charge < -0.3 is 0 Å². The van der Waals surface area contributed by atoms with Gasteiger partial charge in [-0.3, -0.25) is 0 Å². The minimum absolute atomic E-state index is 0.225. The molecule has 0 spiro atoms. The van der Waals surface area contributed by atoms with E-state index < -0.39 is 10.0 Å². The number of aryl methyl sites for hydroxylation is 1. The summed E-state index contributed by atoms with van der Waals surface area (Å²) < 4.78 is 26.7. The highest BCUT2D eigenvalue weighted by Gasteiger charge is 2.24. The fourth-order valence-electron chi connectivity index (χ4n) is 2.27. The first-order chi connectivity index (χ1) is 9.53. The Morgan fingerprint density at radius 3 is 2.25 bits per heavy atom. The van der Waals surface area contributed by atoms with E-state index in [0.717, 1.165) is 10.9 Å². The van der Waals surface area contributed by atoms with Crippen molar-refractivity contribution in [3.8, 4) is 0 Å². The standard InChI is InChI=1S/C15H12ClNO2S/c1-11-13-9-5-6-10-14(13)17(15(11)16)20(18,19)12-7-3-2-4-8-12/h2-10H,1H3. The molecular weight excluding hydrogens is 294 g/mol. The first kappa shape index (κ1) is 13.2. The van der Waals surface area contributed by atoms with E-state index >= 15 is 0 Å². The van der Waals surface area contributed by atoms with Crippen LogP contribution in [0.1, 0.15) is 5.56 Å². The molecule has 0 unspecified atom stereocenters. The SMILES string of the molecule is Cc1c(Cl)n(S(=O)(=O)c2ccccc2)c2ccccc12. The minimum atomic E-state index is -3.69. The Hall–Kier alpha value is -1.78. The monoisotopic (exact) mass is 305 g/mol. The molecule has 3 nitrogen and oxygen atoms in total. The van der Waals surface area contributed by atoms with Crippen LogP contribution in [-0.2, 0) is 10.0 Å². The molecule has 0 aliphatic rings. The lowest BCUT2D eigenvalue weighted by molar-refractivity contribution is 0.589. The fraction of sp³-hybridized carbons (Fsp3) is 0.0667. The normalized spacial score (nSPS) is 11.9. The lowest BCUT2D eigenvalue weighted by atomic mass is 10.2. The van der Waals surface area contributed by atoms with E-state index in [1.54, 1.807) is 42.5 Å². The molecule has 1 heterocycles. The third-order valence-corrected chi connectivity index (χ3v) is 5.58. The van der Waals surface area contributed by atoms with Crippen LogP contribution < -0.4 is 0 Å². The zero-order valence-corrected chi connectivity index (χ0v) is 12.3. The summed E-state index contributed by atoms with van der Waals surface area (Å²) in [6, 6.07) is 15.6. The van der Waals surface area contributed by atoms with Crippen LogP contribution in [0.4, 0.5) is 0 Å². The van der Waals surface area contributed by atoms with Gasteiger partial charge in [-0.1, -0.05) is 48.0 Å². The molecule has 102 valence electrons. The van der Waals surface area contributed by atoms with E-state index in [4.69, 9.17) is 11.6 Å². The number of nitrogens with zero attached hydrogens (tertiary/aromatic N) is 1. The molecule has 0 aliphatic heterocycles. The maximum Gasteiger partial charge on any atom is 0.269 e. The van der Waals surface area contributed by atoms with Crippen LogP contribution in [0, 0.1) is 6.92 Å². The molecule has 0 saturated carbocycles. The number of rotatable bonds is 2. The van der Waals surface area contributed by atoms with Gasteiger partial charge in [-0.05, 0) is 30.7 Å². The Labute approximate surface area is 122 Å². The second-order valence-electron chi connectivity index (χ2n) is 4.52. The molecule has 0 atom stereocenters. The molecule has 0 amide bonds. The summed E-state index contributed by atoms with van der Waals surface area (Å²) in [4.78, 5) is 0.225. The highest BCUT2D eigenvalue weighted by molar-refractivity contribution is 7.90. The highest BCUT2D eigenvalue weighted by Crippen LogP contribution is 2.32. The van der Waals surface area contributed by atoms with Crippen molar-refractivity contribution < 1.29 is 8.42 Å². The van der Waals surface area contributed by atoms with Crippen LogP contribution in [0.25, 0.3) is 10.9 Å². The van der Waals surface area contributed by atoms with Gasteiger partial charge in [0.05, 0.1) is 10.4 Å². The van der Waals surface area contributed by atoms with Crippen molar-refractivity contribution in [2.75, 3.05) is 0 Å². The van der Waals surface area contributed by atoms with Crippen molar-refractivity contribution in [3.05, 3.63) is 65.3 Å². The molecule has 0 bridgehead atoms. The van der Waals surface area contributed by atoms with E-state index in [0.29, 0.717) is 5.52 Å². The average Bonchev–Trinajstić information content (AvgIpc) is 2.73. The zero-order valence-electron chi connectivity index (χ0n) is 10.7. The summed E-state index contributed by atoms with van der Waals surface area (Å²) in [5, 5.41) is 1.08. The van der Waals surface area contributed by atoms with Crippen LogP contribution in [0.5, 0.6) is 0 Å². The van der Waals surface area contributed by atoms with Gasteiger partial charge in [-0.15, -0.1) is 0 Å². The number of hydrogen-bond donors (Lipinski definition) is 0. The Kier molecular flexibility index (Phi) is 3.07. The first-order valence-corrected chi connectivity index (χ1v) is 7.91. The van der Waals surface area contributed by atoms with Gasteiger partial charge in [0, 0.05) is 5.39 Å². The van der Waals surface area contributed by atoms with E-state index in [9.17, 15) is 8.42 Å². The third kappa shape index (κ3) is 1.84. The van der Waals surface area contributed by atoms with Crippen LogP contribution >= 0.6 is 11.6 Å². The maximum absolute atomic E-state index is 12.8. The zero-order chi connectivity index (χ0) is 14.3. The first-order valence-electron chi connectivity index (χ1n) is 6.09. The van der Waals surface area contributed by atoms with Crippen molar-refractivity contribution in [2.24, 2.45) is 0 Å². The van der Waals surface area contributed by atoms with E-state index in [1.807, 2.05) is 19.1 Å². The Bertz CT molecular complexity index is 883. The molecule has 0 N–H and O–H groups in total. The molecule has 1 aromatic heterocycles. The summed E-state index contributed by atoms with van der Waals surface area (Å²) in [7, 11) is -3.69. The number of aromatic nitrogens is 1. The Balaban J connectivity index is 2.39. The van der Waals surface area contributed by atoms with Gasteiger partial charge in [-0.2, -0.15) is 0 Å².